The molecule has 2 amide bonds. The first-order valence-electron chi connectivity index (χ1n) is 7.43. The summed E-state index contributed by atoms with van der Waals surface area (Å²) in [6, 6.07) is 12.6. The van der Waals surface area contributed by atoms with Crippen molar-refractivity contribution in [1.82, 2.24) is 5.32 Å². The number of hydrogen-bond donors (Lipinski definition) is 2. The first-order valence-corrected chi connectivity index (χ1v) is 7.81. The molecule has 2 aromatic rings. The summed E-state index contributed by atoms with van der Waals surface area (Å²) in [6.07, 6.45) is 0.232. The third kappa shape index (κ3) is 5.28. The van der Waals surface area contributed by atoms with E-state index in [0.29, 0.717) is 16.5 Å². The van der Waals surface area contributed by atoms with Crippen LogP contribution in [0.4, 0.5) is 5.69 Å². The van der Waals surface area contributed by atoms with Crippen molar-refractivity contribution in [3.8, 4) is 5.75 Å². The van der Waals surface area contributed by atoms with E-state index in [1.54, 1.807) is 18.2 Å². The number of aryl methyl sites for hydroxylation is 1. The van der Waals surface area contributed by atoms with Crippen molar-refractivity contribution < 1.29 is 14.3 Å². The zero-order chi connectivity index (χ0) is 17.5. The van der Waals surface area contributed by atoms with Crippen LogP contribution in [0.3, 0.4) is 0 Å². The molecule has 0 heterocycles. The smallest absolute Gasteiger partial charge is 0.243 e. The fourth-order valence-electron chi connectivity index (χ4n) is 2.22. The largest absolute Gasteiger partial charge is 0.495 e. The molecule has 0 fully saturated rings. The van der Waals surface area contributed by atoms with Gasteiger partial charge in [-0.05, 0) is 30.7 Å². The van der Waals surface area contributed by atoms with Crippen LogP contribution in [0.25, 0.3) is 0 Å². The Kier molecular flexibility index (Phi) is 6.21. The second-order valence-corrected chi connectivity index (χ2v) is 5.77. The molecule has 0 atom stereocenters. The Labute approximate surface area is 146 Å². The van der Waals surface area contributed by atoms with Crippen LogP contribution in [0.1, 0.15) is 11.1 Å². The van der Waals surface area contributed by atoms with Gasteiger partial charge in [0.15, 0.2) is 0 Å². The van der Waals surface area contributed by atoms with Gasteiger partial charge in [0.1, 0.15) is 5.75 Å². The second-order valence-electron chi connectivity index (χ2n) is 5.34. The van der Waals surface area contributed by atoms with Crippen LogP contribution >= 0.6 is 11.6 Å². The van der Waals surface area contributed by atoms with Crippen molar-refractivity contribution >= 4 is 29.1 Å². The maximum atomic E-state index is 12.0. The average molecular weight is 347 g/mol. The van der Waals surface area contributed by atoms with Crippen molar-refractivity contribution in [2.75, 3.05) is 19.0 Å². The van der Waals surface area contributed by atoms with E-state index in [0.717, 1.165) is 11.1 Å². The minimum absolute atomic E-state index is 0.125. The Hall–Kier alpha value is -2.53. The summed E-state index contributed by atoms with van der Waals surface area (Å²) in [5, 5.41) is 5.75. The number of amides is 2. The summed E-state index contributed by atoms with van der Waals surface area (Å²) in [7, 11) is 1.50. The van der Waals surface area contributed by atoms with Crippen LogP contribution in [0.15, 0.2) is 42.5 Å². The van der Waals surface area contributed by atoms with E-state index < -0.39 is 0 Å². The Morgan fingerprint density at radius 3 is 2.62 bits per heavy atom. The van der Waals surface area contributed by atoms with Crippen molar-refractivity contribution in [2.45, 2.75) is 13.3 Å². The fourth-order valence-corrected chi connectivity index (χ4v) is 2.39. The van der Waals surface area contributed by atoms with E-state index in [1.165, 1.54) is 7.11 Å². The van der Waals surface area contributed by atoms with E-state index in [1.807, 2.05) is 31.2 Å². The quantitative estimate of drug-likeness (QED) is 0.845. The minimum Gasteiger partial charge on any atom is -0.495 e. The van der Waals surface area contributed by atoms with Crippen molar-refractivity contribution in [2.24, 2.45) is 0 Å². The fraction of sp³-hybridized carbons (Fsp3) is 0.222. The van der Waals surface area contributed by atoms with Crippen molar-refractivity contribution in [3.05, 3.63) is 58.6 Å². The van der Waals surface area contributed by atoms with E-state index in [2.05, 4.69) is 10.6 Å². The molecule has 0 spiro atoms. The molecule has 24 heavy (non-hydrogen) atoms. The molecule has 2 rings (SSSR count). The molecule has 0 aliphatic heterocycles. The number of rotatable bonds is 6. The highest BCUT2D eigenvalue weighted by atomic mass is 35.5. The maximum Gasteiger partial charge on any atom is 0.243 e. The number of halogens is 1. The van der Waals surface area contributed by atoms with Crippen LogP contribution in [0.5, 0.6) is 5.75 Å². The van der Waals surface area contributed by atoms with E-state index >= 15 is 0 Å². The molecule has 0 saturated carbocycles. The van der Waals surface area contributed by atoms with Gasteiger partial charge < -0.3 is 15.4 Å². The van der Waals surface area contributed by atoms with E-state index in [9.17, 15) is 9.59 Å². The molecule has 0 saturated heterocycles. The molecule has 0 aromatic heterocycles. The van der Waals surface area contributed by atoms with Gasteiger partial charge in [-0.2, -0.15) is 0 Å². The standard InChI is InChI=1S/C18H19ClN2O3/c1-12-4-3-5-13(8-12)9-17(22)20-11-18(23)21-15-10-14(19)6-7-16(15)24-2/h3-8,10H,9,11H2,1-2H3,(H,20,22)(H,21,23). The summed E-state index contributed by atoms with van der Waals surface area (Å²) in [4.78, 5) is 23.9. The Bertz CT molecular complexity index is 747. The van der Waals surface area contributed by atoms with Gasteiger partial charge in [-0.15, -0.1) is 0 Å². The lowest BCUT2D eigenvalue weighted by molar-refractivity contribution is -0.123. The summed E-state index contributed by atoms with van der Waals surface area (Å²) in [5.41, 5.74) is 2.46. The van der Waals surface area contributed by atoms with Gasteiger partial charge in [0.2, 0.25) is 11.8 Å². The molecular weight excluding hydrogens is 328 g/mol. The number of anilines is 1. The van der Waals surface area contributed by atoms with Crippen LogP contribution in [-0.4, -0.2) is 25.5 Å². The predicted octanol–water partition coefficient (Wildman–Crippen LogP) is 2.95. The number of benzene rings is 2. The van der Waals surface area contributed by atoms with Gasteiger partial charge in [0.25, 0.3) is 0 Å². The highest BCUT2D eigenvalue weighted by Gasteiger charge is 2.10. The molecule has 0 radical (unpaired) electrons. The van der Waals surface area contributed by atoms with Gasteiger partial charge in [-0.25, -0.2) is 0 Å². The van der Waals surface area contributed by atoms with Crippen LogP contribution in [0.2, 0.25) is 5.02 Å². The summed E-state index contributed by atoms with van der Waals surface area (Å²) < 4.78 is 5.16. The van der Waals surface area contributed by atoms with Crippen LogP contribution < -0.4 is 15.4 Å². The summed E-state index contributed by atoms with van der Waals surface area (Å²) >= 11 is 5.91. The Balaban J connectivity index is 1.87. The van der Waals surface area contributed by atoms with Gasteiger partial charge in [0.05, 0.1) is 25.8 Å². The SMILES string of the molecule is COc1ccc(Cl)cc1NC(=O)CNC(=O)Cc1cccc(C)c1. The second kappa shape index (κ2) is 8.36. The lowest BCUT2D eigenvalue weighted by Gasteiger charge is -2.11. The average Bonchev–Trinajstić information content (AvgIpc) is 2.53. The predicted molar refractivity (Wildman–Crippen MR) is 94.5 cm³/mol. The van der Waals surface area contributed by atoms with Crippen LogP contribution in [0, 0.1) is 6.92 Å². The Morgan fingerprint density at radius 2 is 1.92 bits per heavy atom. The van der Waals surface area contributed by atoms with E-state index in [-0.39, 0.29) is 24.8 Å². The van der Waals surface area contributed by atoms with Gasteiger partial charge in [0, 0.05) is 5.02 Å². The third-order valence-electron chi connectivity index (χ3n) is 3.33. The van der Waals surface area contributed by atoms with Crippen molar-refractivity contribution in [3.63, 3.8) is 0 Å². The topological polar surface area (TPSA) is 67.4 Å². The summed E-state index contributed by atoms with van der Waals surface area (Å²) in [6.45, 7) is 1.84. The van der Waals surface area contributed by atoms with Gasteiger partial charge >= 0.3 is 0 Å². The first kappa shape index (κ1) is 17.8. The number of methoxy groups -OCH3 is 1. The van der Waals surface area contributed by atoms with Crippen molar-refractivity contribution in [1.29, 1.82) is 0 Å². The highest BCUT2D eigenvalue weighted by Crippen LogP contribution is 2.27. The monoisotopic (exact) mass is 346 g/mol. The zero-order valence-electron chi connectivity index (χ0n) is 13.6. The molecule has 2 N–H and O–H groups in total. The first-order chi connectivity index (χ1) is 11.5. The molecule has 2 aromatic carbocycles. The number of nitrogens with one attached hydrogen (secondary N) is 2. The molecule has 0 unspecified atom stereocenters. The lowest BCUT2D eigenvalue weighted by atomic mass is 10.1. The van der Waals surface area contributed by atoms with Gasteiger partial charge in [-0.1, -0.05) is 41.4 Å². The number of carbonyl (C=O) groups excluding carboxylic acids is 2. The Morgan fingerprint density at radius 1 is 1.12 bits per heavy atom. The van der Waals surface area contributed by atoms with E-state index in [4.69, 9.17) is 16.3 Å². The third-order valence-corrected chi connectivity index (χ3v) is 3.56. The molecular formula is C18H19ClN2O3. The van der Waals surface area contributed by atoms with Gasteiger partial charge in [-0.3, -0.25) is 9.59 Å². The number of hydrogen-bond acceptors (Lipinski definition) is 3. The number of ether oxygens (including phenoxy) is 1. The lowest BCUT2D eigenvalue weighted by Crippen LogP contribution is -2.33. The normalized spacial score (nSPS) is 10.1. The molecule has 0 aliphatic rings. The molecule has 6 heteroatoms. The zero-order valence-corrected chi connectivity index (χ0v) is 14.3. The minimum atomic E-state index is -0.354. The molecule has 5 nitrogen and oxygen atoms in total. The highest BCUT2D eigenvalue weighted by molar-refractivity contribution is 6.31. The summed E-state index contributed by atoms with van der Waals surface area (Å²) in [5.74, 6) is -0.0687. The molecule has 126 valence electrons. The molecule has 0 bridgehead atoms. The number of carbonyl (C=O) groups is 2. The maximum absolute atomic E-state index is 12.0. The van der Waals surface area contributed by atoms with Crippen LogP contribution in [-0.2, 0) is 16.0 Å². The molecule has 0 aliphatic carbocycles.